The fourth-order valence-electron chi connectivity index (χ4n) is 3.66. The van der Waals surface area contributed by atoms with Gasteiger partial charge in [0, 0.05) is 43.7 Å². The number of halogens is 1. The summed E-state index contributed by atoms with van der Waals surface area (Å²) in [5.74, 6) is 0.250. The van der Waals surface area contributed by atoms with Crippen molar-refractivity contribution in [2.75, 3.05) is 38.2 Å². The third-order valence-corrected chi connectivity index (χ3v) is 5.20. The molecule has 2 heterocycles. The van der Waals surface area contributed by atoms with E-state index in [0.29, 0.717) is 54.1 Å². The van der Waals surface area contributed by atoms with E-state index in [0.717, 1.165) is 0 Å². The lowest BCUT2D eigenvalue weighted by molar-refractivity contribution is -0.130. The van der Waals surface area contributed by atoms with E-state index in [1.54, 1.807) is 41.3 Å². The van der Waals surface area contributed by atoms with Gasteiger partial charge in [0.15, 0.2) is 0 Å². The molecule has 0 bridgehead atoms. The molecular weight excluding hydrogens is 375 g/mol. The van der Waals surface area contributed by atoms with Gasteiger partial charge in [0.1, 0.15) is 17.1 Å². The van der Waals surface area contributed by atoms with Crippen LogP contribution in [-0.2, 0) is 11.2 Å². The van der Waals surface area contributed by atoms with Crippen LogP contribution in [-0.4, -0.2) is 44.1 Å². The number of carbonyl (C=O) groups is 1. The van der Waals surface area contributed by atoms with Crippen molar-refractivity contribution in [2.45, 2.75) is 6.42 Å². The maximum absolute atomic E-state index is 14.0. The summed E-state index contributed by atoms with van der Waals surface area (Å²) in [5, 5.41) is 0.712. The second kappa shape index (κ2) is 7.95. The first kappa shape index (κ1) is 19.0. The van der Waals surface area contributed by atoms with E-state index < -0.39 is 5.63 Å². The van der Waals surface area contributed by atoms with Crippen LogP contribution in [0.25, 0.3) is 11.0 Å². The first-order valence-electron chi connectivity index (χ1n) is 9.43. The highest BCUT2D eigenvalue weighted by molar-refractivity contribution is 5.87. The van der Waals surface area contributed by atoms with E-state index in [1.165, 1.54) is 19.2 Å². The van der Waals surface area contributed by atoms with Gasteiger partial charge in [-0.3, -0.25) is 4.79 Å². The average molecular weight is 396 g/mol. The third kappa shape index (κ3) is 3.94. The van der Waals surface area contributed by atoms with E-state index in [9.17, 15) is 14.0 Å². The molecule has 0 spiro atoms. The van der Waals surface area contributed by atoms with Gasteiger partial charge in [0.05, 0.1) is 19.2 Å². The van der Waals surface area contributed by atoms with Gasteiger partial charge in [0.25, 0.3) is 0 Å². The van der Waals surface area contributed by atoms with Crippen molar-refractivity contribution >= 4 is 22.6 Å². The van der Waals surface area contributed by atoms with Gasteiger partial charge in [-0.1, -0.05) is 12.1 Å². The van der Waals surface area contributed by atoms with Crippen molar-refractivity contribution in [3.63, 3.8) is 0 Å². The zero-order chi connectivity index (χ0) is 20.4. The summed E-state index contributed by atoms with van der Waals surface area (Å²) in [6.07, 6.45) is 0.105. The molecule has 1 aliphatic heterocycles. The number of hydrogen-bond donors (Lipinski definition) is 0. The maximum atomic E-state index is 14.0. The second-order valence-corrected chi connectivity index (χ2v) is 6.95. The first-order valence-corrected chi connectivity index (χ1v) is 9.43. The average Bonchev–Trinajstić information content (AvgIpc) is 2.73. The van der Waals surface area contributed by atoms with E-state index in [2.05, 4.69) is 0 Å². The number of benzene rings is 2. The van der Waals surface area contributed by atoms with Gasteiger partial charge >= 0.3 is 5.63 Å². The fraction of sp³-hybridized carbons (Fsp3) is 0.273. The summed E-state index contributed by atoms with van der Waals surface area (Å²) in [7, 11) is 1.54. The topological polar surface area (TPSA) is 63.0 Å². The summed E-state index contributed by atoms with van der Waals surface area (Å²) in [4.78, 5) is 28.4. The van der Waals surface area contributed by atoms with Crippen molar-refractivity contribution in [2.24, 2.45) is 0 Å². The zero-order valence-corrected chi connectivity index (χ0v) is 16.1. The summed E-state index contributed by atoms with van der Waals surface area (Å²) in [5.41, 5.74) is 1.07. The Bertz CT molecular complexity index is 1100. The minimum absolute atomic E-state index is 0.0686. The monoisotopic (exact) mass is 396 g/mol. The summed E-state index contributed by atoms with van der Waals surface area (Å²) in [6, 6.07) is 13.2. The molecule has 1 saturated heterocycles. The minimum Gasteiger partial charge on any atom is -0.497 e. The largest absolute Gasteiger partial charge is 0.497 e. The van der Waals surface area contributed by atoms with Crippen molar-refractivity contribution < 1.29 is 18.3 Å². The Morgan fingerprint density at radius 3 is 2.59 bits per heavy atom. The lowest BCUT2D eigenvalue weighted by Gasteiger charge is -2.36. The number of fused-ring (bicyclic) bond motifs is 1. The Hall–Kier alpha value is -3.35. The molecule has 150 valence electrons. The molecule has 0 N–H and O–H groups in total. The van der Waals surface area contributed by atoms with Crippen LogP contribution in [0.4, 0.5) is 10.1 Å². The molecule has 0 radical (unpaired) electrons. The molecule has 4 rings (SSSR count). The Balaban J connectivity index is 1.48. The molecular formula is C22H21FN2O4. The molecule has 29 heavy (non-hydrogen) atoms. The van der Waals surface area contributed by atoms with Crippen LogP contribution < -0.4 is 15.3 Å². The quantitative estimate of drug-likeness (QED) is 0.635. The molecule has 0 saturated carbocycles. The predicted molar refractivity (Wildman–Crippen MR) is 108 cm³/mol. The SMILES string of the molecule is COc1ccc2c(CC(=O)N3CCN(c4ccccc4F)CC3)cc(=O)oc2c1. The number of para-hydroxylation sites is 1. The molecule has 1 aliphatic rings. The van der Waals surface area contributed by atoms with Crippen molar-refractivity contribution in [3.8, 4) is 5.75 Å². The predicted octanol–water partition coefficient (Wildman–Crippen LogP) is 2.83. The van der Waals surface area contributed by atoms with Crippen LogP contribution in [0, 0.1) is 5.82 Å². The number of piperazine rings is 1. The fourth-order valence-corrected chi connectivity index (χ4v) is 3.66. The van der Waals surface area contributed by atoms with Crippen molar-refractivity contribution in [1.29, 1.82) is 0 Å². The van der Waals surface area contributed by atoms with Crippen LogP contribution >= 0.6 is 0 Å². The molecule has 6 nitrogen and oxygen atoms in total. The summed E-state index contributed by atoms with van der Waals surface area (Å²) in [6.45, 7) is 2.11. The number of ether oxygens (including phenoxy) is 1. The van der Waals surface area contributed by atoms with E-state index in [4.69, 9.17) is 9.15 Å². The van der Waals surface area contributed by atoms with Gasteiger partial charge < -0.3 is 19.0 Å². The number of anilines is 1. The highest BCUT2D eigenvalue weighted by Crippen LogP contribution is 2.24. The Kier molecular flexibility index (Phi) is 5.20. The second-order valence-electron chi connectivity index (χ2n) is 6.95. The molecule has 1 amide bonds. The minimum atomic E-state index is -0.502. The van der Waals surface area contributed by atoms with Crippen LogP contribution in [0.15, 0.2) is 57.7 Å². The molecule has 0 unspecified atom stereocenters. The molecule has 0 atom stereocenters. The standard InChI is InChI=1S/C22H21FN2O4/c1-28-16-6-7-17-15(13-22(27)29-20(17)14-16)12-21(26)25-10-8-24(9-11-25)19-5-3-2-4-18(19)23/h2-7,13-14H,8-12H2,1H3. The van der Waals surface area contributed by atoms with E-state index in [1.807, 2.05) is 4.90 Å². The van der Waals surface area contributed by atoms with Crippen LogP contribution in [0.1, 0.15) is 5.56 Å². The van der Waals surface area contributed by atoms with Gasteiger partial charge in [-0.15, -0.1) is 0 Å². The number of nitrogens with zero attached hydrogens (tertiary/aromatic N) is 2. The molecule has 7 heteroatoms. The van der Waals surface area contributed by atoms with Gasteiger partial charge in [-0.05, 0) is 29.8 Å². The number of methoxy groups -OCH3 is 1. The van der Waals surface area contributed by atoms with E-state index in [-0.39, 0.29) is 18.1 Å². The Labute approximate surface area is 167 Å². The third-order valence-electron chi connectivity index (χ3n) is 5.20. The highest BCUT2D eigenvalue weighted by atomic mass is 19.1. The highest BCUT2D eigenvalue weighted by Gasteiger charge is 2.23. The number of rotatable bonds is 4. The van der Waals surface area contributed by atoms with Gasteiger partial charge in [-0.2, -0.15) is 0 Å². The van der Waals surface area contributed by atoms with Crippen LogP contribution in [0.3, 0.4) is 0 Å². The molecule has 2 aromatic carbocycles. The van der Waals surface area contributed by atoms with Crippen LogP contribution in [0.5, 0.6) is 5.75 Å². The first-order chi connectivity index (χ1) is 14.0. The normalized spacial score (nSPS) is 14.3. The Morgan fingerprint density at radius 2 is 1.86 bits per heavy atom. The Morgan fingerprint density at radius 1 is 1.10 bits per heavy atom. The van der Waals surface area contributed by atoms with Crippen molar-refractivity contribution in [1.82, 2.24) is 4.90 Å². The number of carbonyl (C=O) groups excluding carboxylic acids is 1. The summed E-state index contributed by atoms with van der Waals surface area (Å²) < 4.78 is 24.4. The maximum Gasteiger partial charge on any atom is 0.336 e. The lowest BCUT2D eigenvalue weighted by Crippen LogP contribution is -2.49. The van der Waals surface area contributed by atoms with Crippen molar-refractivity contribution in [3.05, 3.63) is 70.3 Å². The molecule has 3 aromatic rings. The lowest BCUT2D eigenvalue weighted by atomic mass is 10.1. The van der Waals surface area contributed by atoms with Gasteiger partial charge in [0.2, 0.25) is 5.91 Å². The molecule has 1 aromatic heterocycles. The van der Waals surface area contributed by atoms with Crippen LogP contribution in [0.2, 0.25) is 0 Å². The summed E-state index contributed by atoms with van der Waals surface area (Å²) >= 11 is 0. The number of hydrogen-bond acceptors (Lipinski definition) is 5. The zero-order valence-electron chi connectivity index (χ0n) is 16.1. The molecule has 1 fully saturated rings. The van der Waals surface area contributed by atoms with E-state index >= 15 is 0 Å². The number of amides is 1. The molecule has 0 aliphatic carbocycles. The van der Waals surface area contributed by atoms with Gasteiger partial charge in [-0.25, -0.2) is 9.18 Å². The smallest absolute Gasteiger partial charge is 0.336 e.